The fourth-order valence-electron chi connectivity index (χ4n) is 2.55. The molecule has 1 saturated heterocycles. The smallest absolute Gasteiger partial charge is 0.0306 e. The quantitative estimate of drug-likeness (QED) is 0.618. The maximum atomic E-state index is 4.19. The van der Waals surface area contributed by atoms with Crippen LogP contribution in [0, 0.1) is 0 Å². The number of nitrogens with one attached hydrogen (secondary N) is 1. The third-order valence-corrected chi connectivity index (χ3v) is 3.12. The van der Waals surface area contributed by atoms with Gasteiger partial charge < -0.3 is 5.32 Å². The van der Waals surface area contributed by atoms with Gasteiger partial charge in [-0.2, -0.15) is 0 Å². The third kappa shape index (κ3) is 0.758. The van der Waals surface area contributed by atoms with Crippen molar-refractivity contribution in [3.63, 3.8) is 0 Å². The fourth-order valence-corrected chi connectivity index (χ4v) is 2.55. The molecule has 0 saturated carbocycles. The maximum Gasteiger partial charge on any atom is 0.0306 e. The molecule has 1 fully saturated rings. The van der Waals surface area contributed by atoms with Gasteiger partial charge in [0.05, 0.1) is 0 Å². The van der Waals surface area contributed by atoms with Gasteiger partial charge in [0, 0.05) is 25.5 Å². The molecule has 2 nitrogen and oxygen atoms in total. The highest BCUT2D eigenvalue weighted by Gasteiger charge is 2.33. The zero-order valence-corrected chi connectivity index (χ0v) is 6.96. The Morgan fingerprint density at radius 3 is 3.00 bits per heavy atom. The second-order valence-corrected chi connectivity index (χ2v) is 3.79. The monoisotopic (exact) mass is 160 g/mol. The zero-order chi connectivity index (χ0) is 7.97. The van der Waals surface area contributed by atoms with Crippen molar-refractivity contribution in [3.05, 3.63) is 29.6 Å². The fraction of sp³-hybridized carbons (Fsp3) is 0.500. The van der Waals surface area contributed by atoms with Gasteiger partial charge in [0.25, 0.3) is 0 Å². The first-order chi connectivity index (χ1) is 5.95. The molecule has 1 aromatic heterocycles. The van der Waals surface area contributed by atoms with Crippen LogP contribution < -0.4 is 5.32 Å². The number of hydrogen-bond donors (Lipinski definition) is 1. The normalized spacial score (nSPS) is 31.7. The lowest BCUT2D eigenvalue weighted by molar-refractivity contribution is 0.453. The second kappa shape index (κ2) is 2.30. The molecule has 1 aromatic rings. The summed E-state index contributed by atoms with van der Waals surface area (Å²) in [7, 11) is 0. The largest absolute Gasteiger partial charge is 0.316 e. The van der Waals surface area contributed by atoms with Gasteiger partial charge in [-0.15, -0.1) is 0 Å². The molecule has 1 aliphatic carbocycles. The van der Waals surface area contributed by atoms with E-state index in [4.69, 9.17) is 0 Å². The molecule has 0 spiro atoms. The molecule has 1 N–H and O–H groups in total. The van der Waals surface area contributed by atoms with Gasteiger partial charge in [-0.05, 0) is 35.4 Å². The van der Waals surface area contributed by atoms with Crippen molar-refractivity contribution in [3.8, 4) is 0 Å². The molecule has 12 heavy (non-hydrogen) atoms. The number of fused-ring (bicyclic) bond motifs is 5. The Morgan fingerprint density at radius 1 is 1.25 bits per heavy atom. The average molecular weight is 160 g/mol. The molecule has 3 rings (SSSR count). The first kappa shape index (κ1) is 6.61. The van der Waals surface area contributed by atoms with E-state index in [1.807, 2.05) is 12.4 Å². The SMILES string of the molecule is c1cc2c(cn1)[C@H]1CNC[C@@H]2C1. The molecule has 0 unspecified atom stereocenters. The highest BCUT2D eigenvalue weighted by molar-refractivity contribution is 5.37. The summed E-state index contributed by atoms with van der Waals surface area (Å²) >= 11 is 0. The predicted molar refractivity (Wildman–Crippen MR) is 47.2 cm³/mol. The Bertz CT molecular complexity index is 279. The van der Waals surface area contributed by atoms with Gasteiger partial charge >= 0.3 is 0 Å². The van der Waals surface area contributed by atoms with Crippen molar-refractivity contribution in [2.45, 2.75) is 18.3 Å². The van der Waals surface area contributed by atoms with E-state index in [1.165, 1.54) is 12.0 Å². The van der Waals surface area contributed by atoms with Gasteiger partial charge in [-0.25, -0.2) is 0 Å². The van der Waals surface area contributed by atoms with Crippen LogP contribution in [0.2, 0.25) is 0 Å². The average Bonchev–Trinajstić information content (AvgIpc) is 2.41. The van der Waals surface area contributed by atoms with Crippen molar-refractivity contribution in [1.82, 2.24) is 10.3 Å². The topological polar surface area (TPSA) is 24.9 Å². The molecular formula is C10H12N2. The summed E-state index contributed by atoms with van der Waals surface area (Å²) in [5.41, 5.74) is 3.03. The van der Waals surface area contributed by atoms with Crippen molar-refractivity contribution >= 4 is 0 Å². The van der Waals surface area contributed by atoms with E-state index in [0.717, 1.165) is 24.9 Å². The standard InChI is InChI=1S/C10H12N2/c1-2-11-6-10-8-3-7(9(1)10)4-12-5-8/h1-2,6-8,12H,3-5H2/t7-,8+/m0/s1. The number of aromatic nitrogens is 1. The molecule has 2 heteroatoms. The number of hydrogen-bond acceptors (Lipinski definition) is 2. The summed E-state index contributed by atoms with van der Waals surface area (Å²) in [5.74, 6) is 1.51. The van der Waals surface area contributed by atoms with Gasteiger partial charge in [0.1, 0.15) is 0 Å². The van der Waals surface area contributed by atoms with Crippen LogP contribution in [0.25, 0.3) is 0 Å². The molecule has 2 aliphatic rings. The van der Waals surface area contributed by atoms with E-state index < -0.39 is 0 Å². The summed E-state index contributed by atoms with van der Waals surface area (Å²) in [6.07, 6.45) is 5.31. The van der Waals surface area contributed by atoms with E-state index >= 15 is 0 Å². The van der Waals surface area contributed by atoms with Crippen molar-refractivity contribution in [2.24, 2.45) is 0 Å². The minimum absolute atomic E-state index is 0.743. The first-order valence-electron chi connectivity index (χ1n) is 4.59. The maximum absolute atomic E-state index is 4.19. The molecule has 62 valence electrons. The molecule has 2 bridgehead atoms. The Balaban J connectivity index is 2.16. The number of pyridine rings is 1. The lowest BCUT2D eigenvalue weighted by Crippen LogP contribution is -2.28. The van der Waals surface area contributed by atoms with Gasteiger partial charge in [-0.3, -0.25) is 4.98 Å². The molecule has 0 amide bonds. The van der Waals surface area contributed by atoms with E-state index in [1.54, 1.807) is 5.56 Å². The van der Waals surface area contributed by atoms with Crippen LogP contribution in [0.15, 0.2) is 18.5 Å². The van der Waals surface area contributed by atoms with Crippen molar-refractivity contribution in [1.29, 1.82) is 0 Å². The van der Waals surface area contributed by atoms with Gasteiger partial charge in [0.15, 0.2) is 0 Å². The summed E-state index contributed by atoms with van der Waals surface area (Å²) in [6.45, 7) is 2.31. The summed E-state index contributed by atoms with van der Waals surface area (Å²) < 4.78 is 0. The van der Waals surface area contributed by atoms with E-state index in [9.17, 15) is 0 Å². The number of piperidine rings is 1. The summed E-state index contributed by atoms with van der Waals surface area (Å²) in [4.78, 5) is 4.19. The Morgan fingerprint density at radius 2 is 2.08 bits per heavy atom. The summed E-state index contributed by atoms with van der Waals surface area (Å²) in [5, 5.41) is 3.47. The molecule has 2 atom stereocenters. The Labute approximate surface area is 72.0 Å². The minimum Gasteiger partial charge on any atom is -0.316 e. The molecule has 0 radical (unpaired) electrons. The van der Waals surface area contributed by atoms with Crippen LogP contribution in [-0.2, 0) is 0 Å². The molecule has 1 aliphatic heterocycles. The van der Waals surface area contributed by atoms with E-state index in [0.29, 0.717) is 0 Å². The lowest BCUT2D eigenvalue weighted by atomic mass is 9.98. The van der Waals surface area contributed by atoms with E-state index in [-0.39, 0.29) is 0 Å². The minimum atomic E-state index is 0.743. The van der Waals surface area contributed by atoms with Crippen LogP contribution in [0.1, 0.15) is 29.4 Å². The lowest BCUT2D eigenvalue weighted by Gasteiger charge is -2.19. The first-order valence-corrected chi connectivity index (χ1v) is 4.59. The van der Waals surface area contributed by atoms with E-state index in [2.05, 4.69) is 16.4 Å². The third-order valence-electron chi connectivity index (χ3n) is 3.12. The summed E-state index contributed by atoms with van der Waals surface area (Å²) in [6, 6.07) is 2.19. The Hall–Kier alpha value is -0.890. The van der Waals surface area contributed by atoms with Crippen LogP contribution in [-0.4, -0.2) is 18.1 Å². The number of nitrogens with zero attached hydrogens (tertiary/aromatic N) is 1. The van der Waals surface area contributed by atoms with Crippen LogP contribution in [0.4, 0.5) is 0 Å². The molecule has 0 aromatic carbocycles. The van der Waals surface area contributed by atoms with Crippen LogP contribution in [0.3, 0.4) is 0 Å². The van der Waals surface area contributed by atoms with Crippen LogP contribution in [0.5, 0.6) is 0 Å². The van der Waals surface area contributed by atoms with Crippen molar-refractivity contribution < 1.29 is 0 Å². The molecular weight excluding hydrogens is 148 g/mol. The zero-order valence-electron chi connectivity index (χ0n) is 6.96. The number of rotatable bonds is 0. The van der Waals surface area contributed by atoms with Gasteiger partial charge in [0.2, 0.25) is 0 Å². The van der Waals surface area contributed by atoms with Crippen molar-refractivity contribution in [2.75, 3.05) is 13.1 Å². The predicted octanol–water partition coefficient (Wildman–Crippen LogP) is 1.26. The molecule has 2 heterocycles. The Kier molecular flexibility index (Phi) is 1.27. The van der Waals surface area contributed by atoms with Crippen LogP contribution >= 0.6 is 0 Å². The highest BCUT2D eigenvalue weighted by Crippen LogP contribution is 2.42. The second-order valence-electron chi connectivity index (χ2n) is 3.79. The van der Waals surface area contributed by atoms with Gasteiger partial charge in [-0.1, -0.05) is 0 Å². The highest BCUT2D eigenvalue weighted by atomic mass is 14.9.